The minimum atomic E-state index is 0.450. The first-order valence-electron chi connectivity index (χ1n) is 10.6. The van der Waals surface area contributed by atoms with E-state index in [1.54, 1.807) is 18.4 Å². The first-order valence-corrected chi connectivity index (χ1v) is 12.3. The third-order valence-corrected chi connectivity index (χ3v) is 7.36. The molecule has 0 N–H and O–H groups in total. The second-order valence-corrected chi connectivity index (χ2v) is 10.9. The predicted molar refractivity (Wildman–Crippen MR) is 134 cm³/mol. The summed E-state index contributed by atoms with van der Waals surface area (Å²) in [5.74, 6) is 0.828. The van der Waals surface area contributed by atoms with Crippen LogP contribution in [0, 0.1) is 27.7 Å². The van der Waals surface area contributed by atoms with Crippen molar-refractivity contribution in [2.75, 3.05) is 7.11 Å². The molecule has 32 heavy (non-hydrogen) atoms. The molecule has 7 heteroatoms. The van der Waals surface area contributed by atoms with Gasteiger partial charge in [-0.1, -0.05) is 37.3 Å². The van der Waals surface area contributed by atoms with Gasteiger partial charge in [0.2, 0.25) is 5.13 Å². The number of hydrogen-bond donors (Lipinski definition) is 0. The van der Waals surface area contributed by atoms with Crippen LogP contribution in [0.5, 0.6) is 5.75 Å². The Labute approximate surface area is 197 Å². The molecular formula is C25H28N4OS2. The minimum absolute atomic E-state index is 0.450. The number of rotatable bonds is 6. The molecule has 0 aliphatic rings. The molecule has 0 fully saturated rings. The maximum absolute atomic E-state index is 5.44. The number of hydrogen-bond acceptors (Lipinski definition) is 6. The Morgan fingerprint density at radius 3 is 2.34 bits per heavy atom. The average molecular weight is 465 g/mol. The highest BCUT2D eigenvalue weighted by Crippen LogP contribution is 2.41. The summed E-state index contributed by atoms with van der Waals surface area (Å²) in [4.78, 5) is 9.58. The molecular weight excluding hydrogens is 436 g/mol. The topological polar surface area (TPSA) is 52.8 Å². The molecule has 4 aromatic rings. The van der Waals surface area contributed by atoms with E-state index in [4.69, 9.17) is 14.8 Å². The van der Waals surface area contributed by atoms with Crippen molar-refractivity contribution in [2.24, 2.45) is 0 Å². The van der Waals surface area contributed by atoms with E-state index in [9.17, 15) is 0 Å². The number of aryl methyl sites for hydroxylation is 3. The van der Waals surface area contributed by atoms with Crippen molar-refractivity contribution >= 4 is 23.1 Å². The number of thioether (sulfide) groups is 1. The third kappa shape index (κ3) is 4.45. The van der Waals surface area contributed by atoms with Crippen molar-refractivity contribution in [1.29, 1.82) is 0 Å². The summed E-state index contributed by atoms with van der Waals surface area (Å²) >= 11 is 3.52. The van der Waals surface area contributed by atoms with Gasteiger partial charge in [-0.15, -0.1) is 11.8 Å². The van der Waals surface area contributed by atoms with E-state index in [1.165, 1.54) is 4.21 Å². The molecule has 0 aliphatic heterocycles. The molecule has 0 radical (unpaired) electrons. The second-order valence-electron chi connectivity index (χ2n) is 8.13. The van der Waals surface area contributed by atoms with Gasteiger partial charge in [0.25, 0.3) is 0 Å². The smallest absolute Gasteiger partial charge is 0.212 e. The highest BCUT2D eigenvalue weighted by Gasteiger charge is 2.21. The van der Waals surface area contributed by atoms with Crippen molar-refractivity contribution in [1.82, 2.24) is 19.7 Å². The molecule has 0 atom stereocenters. The highest BCUT2D eigenvalue weighted by molar-refractivity contribution is 8.01. The molecule has 0 aliphatic carbocycles. The van der Waals surface area contributed by atoms with Crippen LogP contribution in [-0.4, -0.2) is 32.1 Å². The Balaban J connectivity index is 1.84. The number of ether oxygens (including phenoxy) is 1. The first-order chi connectivity index (χ1) is 15.3. The Bertz CT molecular complexity index is 1250. The summed E-state index contributed by atoms with van der Waals surface area (Å²) < 4.78 is 8.61. The van der Waals surface area contributed by atoms with Gasteiger partial charge in [-0.25, -0.2) is 9.67 Å². The van der Waals surface area contributed by atoms with Crippen LogP contribution in [0.15, 0.2) is 40.6 Å². The molecule has 0 saturated carbocycles. The molecule has 0 amide bonds. The molecule has 4 rings (SSSR count). The van der Waals surface area contributed by atoms with Crippen molar-refractivity contribution in [3.63, 3.8) is 0 Å². The zero-order valence-corrected chi connectivity index (χ0v) is 21.2. The van der Waals surface area contributed by atoms with Gasteiger partial charge < -0.3 is 4.74 Å². The van der Waals surface area contributed by atoms with Gasteiger partial charge in [-0.05, 0) is 57.5 Å². The summed E-state index contributed by atoms with van der Waals surface area (Å²) in [6, 6.07) is 12.3. The Kier molecular flexibility index (Phi) is 6.40. The van der Waals surface area contributed by atoms with Crippen LogP contribution in [-0.2, 0) is 0 Å². The zero-order chi connectivity index (χ0) is 23.0. The Hall–Kier alpha value is -2.64. The normalized spacial score (nSPS) is 11.4. The van der Waals surface area contributed by atoms with Gasteiger partial charge in [0.15, 0.2) is 0 Å². The monoisotopic (exact) mass is 464 g/mol. The number of benzene rings is 1. The van der Waals surface area contributed by atoms with Gasteiger partial charge in [0.1, 0.15) is 5.75 Å². The number of nitrogens with zero attached hydrogens (tertiary/aromatic N) is 4. The number of pyridine rings is 1. The van der Waals surface area contributed by atoms with E-state index in [1.807, 2.05) is 48.5 Å². The van der Waals surface area contributed by atoms with Gasteiger partial charge in [-0.3, -0.25) is 4.98 Å². The van der Waals surface area contributed by atoms with E-state index < -0.39 is 0 Å². The van der Waals surface area contributed by atoms with E-state index in [0.29, 0.717) is 5.25 Å². The van der Waals surface area contributed by atoms with Crippen molar-refractivity contribution < 1.29 is 4.74 Å². The quantitative estimate of drug-likeness (QED) is 0.294. The Morgan fingerprint density at radius 1 is 0.969 bits per heavy atom. The summed E-state index contributed by atoms with van der Waals surface area (Å²) in [6.07, 6.45) is 0. The predicted octanol–water partition coefficient (Wildman–Crippen LogP) is 6.80. The highest BCUT2D eigenvalue weighted by atomic mass is 32.2. The fraction of sp³-hybridized carbons (Fsp3) is 0.320. The second kappa shape index (κ2) is 9.08. The van der Waals surface area contributed by atoms with E-state index in [-0.39, 0.29) is 0 Å². The van der Waals surface area contributed by atoms with Crippen LogP contribution >= 0.6 is 23.1 Å². The Morgan fingerprint density at radius 2 is 1.69 bits per heavy atom. The third-order valence-electron chi connectivity index (χ3n) is 5.11. The van der Waals surface area contributed by atoms with Crippen molar-refractivity contribution in [2.45, 2.75) is 51.0 Å². The van der Waals surface area contributed by atoms with Gasteiger partial charge in [-0.2, -0.15) is 5.10 Å². The van der Waals surface area contributed by atoms with Crippen LogP contribution in [0.25, 0.3) is 27.5 Å². The molecule has 0 spiro atoms. The van der Waals surface area contributed by atoms with E-state index in [0.717, 1.165) is 56.0 Å². The standard InChI is InChI=1S/C25H28N4OS2/c1-14(2)31-24-23(19-9-8-10-21(13-19)30-7)27-25(32-24)29-18(6)22(17(5)28-29)20-11-15(3)26-16(4)12-20/h8-14H,1-7H3. The molecule has 0 bridgehead atoms. The zero-order valence-electron chi connectivity index (χ0n) is 19.6. The summed E-state index contributed by atoms with van der Waals surface area (Å²) in [5.41, 5.74) is 8.42. The molecule has 5 nitrogen and oxygen atoms in total. The molecule has 0 saturated heterocycles. The fourth-order valence-electron chi connectivity index (χ4n) is 3.86. The molecule has 1 aromatic carbocycles. The SMILES string of the molecule is COc1cccc(-c2nc(-n3nc(C)c(-c4cc(C)nc(C)c4)c3C)sc2SC(C)C)c1. The van der Waals surface area contributed by atoms with Crippen LogP contribution in [0.2, 0.25) is 0 Å². The van der Waals surface area contributed by atoms with Crippen LogP contribution in [0.4, 0.5) is 0 Å². The van der Waals surface area contributed by atoms with Crippen molar-refractivity contribution in [3.8, 4) is 33.3 Å². The first kappa shape index (κ1) is 22.6. The fourth-order valence-corrected chi connectivity index (χ4v) is 6.38. The molecule has 166 valence electrons. The molecule has 3 aromatic heterocycles. The summed E-state index contributed by atoms with van der Waals surface area (Å²) in [7, 11) is 1.69. The van der Waals surface area contributed by atoms with E-state index in [2.05, 4.69) is 50.9 Å². The van der Waals surface area contributed by atoms with Crippen LogP contribution in [0.1, 0.15) is 36.6 Å². The lowest BCUT2D eigenvalue weighted by Gasteiger charge is -2.06. The van der Waals surface area contributed by atoms with Gasteiger partial charge >= 0.3 is 0 Å². The van der Waals surface area contributed by atoms with Gasteiger partial charge in [0, 0.05) is 27.8 Å². The maximum atomic E-state index is 5.44. The van der Waals surface area contributed by atoms with E-state index >= 15 is 0 Å². The lowest BCUT2D eigenvalue weighted by atomic mass is 10.0. The summed E-state index contributed by atoms with van der Waals surface area (Å²) in [6.45, 7) is 12.6. The largest absolute Gasteiger partial charge is 0.497 e. The minimum Gasteiger partial charge on any atom is -0.497 e. The van der Waals surface area contributed by atoms with Crippen LogP contribution in [0.3, 0.4) is 0 Å². The maximum Gasteiger partial charge on any atom is 0.212 e. The number of methoxy groups -OCH3 is 1. The molecule has 3 heterocycles. The number of aromatic nitrogens is 4. The summed E-state index contributed by atoms with van der Waals surface area (Å²) in [5, 5.41) is 6.21. The van der Waals surface area contributed by atoms with Gasteiger partial charge in [0.05, 0.1) is 28.4 Å². The lowest BCUT2D eigenvalue weighted by Crippen LogP contribution is -1.98. The van der Waals surface area contributed by atoms with Crippen molar-refractivity contribution in [3.05, 3.63) is 59.2 Å². The van der Waals surface area contributed by atoms with Crippen LogP contribution < -0.4 is 4.74 Å². The lowest BCUT2D eigenvalue weighted by molar-refractivity contribution is 0.415. The number of thiazole rings is 1. The molecule has 0 unspecified atom stereocenters. The average Bonchev–Trinajstić information content (AvgIpc) is 3.27.